The highest BCUT2D eigenvalue weighted by molar-refractivity contribution is 6.35. The van der Waals surface area contributed by atoms with E-state index >= 15 is 0 Å². The summed E-state index contributed by atoms with van der Waals surface area (Å²) in [6.07, 6.45) is -0.294. The van der Waals surface area contributed by atoms with Crippen molar-refractivity contribution in [1.29, 1.82) is 0 Å². The average Bonchev–Trinajstić information content (AvgIpc) is 2.61. The van der Waals surface area contributed by atoms with Crippen LogP contribution in [-0.2, 0) is 20.7 Å². The fourth-order valence-corrected chi connectivity index (χ4v) is 2.48. The highest BCUT2D eigenvalue weighted by Gasteiger charge is 2.16. The number of nitrogens with one attached hydrogen (secondary N) is 2. The molecule has 0 spiro atoms. The number of benzene rings is 1. The topological polar surface area (TPSA) is 90.9 Å². The second kappa shape index (κ2) is 10.0. The molecule has 1 aliphatic rings. The van der Waals surface area contributed by atoms with Crippen LogP contribution >= 0.6 is 0 Å². The van der Waals surface area contributed by atoms with E-state index in [1.807, 2.05) is 30.3 Å². The summed E-state index contributed by atoms with van der Waals surface area (Å²) < 4.78 is 5.25. The van der Waals surface area contributed by atoms with Crippen LogP contribution in [-0.4, -0.2) is 73.9 Å². The lowest BCUT2D eigenvalue weighted by Crippen LogP contribution is -2.46. The van der Waals surface area contributed by atoms with Gasteiger partial charge in [0.1, 0.15) is 0 Å². The second-order valence-electron chi connectivity index (χ2n) is 5.76. The Morgan fingerprint density at radius 1 is 1.12 bits per heavy atom. The fraction of sp³-hybridized carbons (Fsp3) is 0.529. The minimum Gasteiger partial charge on any atom is -0.391 e. The Bertz CT molecular complexity index is 518. The highest BCUT2D eigenvalue weighted by Crippen LogP contribution is 2.02. The number of rotatable bonds is 7. The van der Waals surface area contributed by atoms with E-state index < -0.39 is 17.9 Å². The van der Waals surface area contributed by atoms with E-state index in [0.717, 1.165) is 18.7 Å². The molecular formula is C17H25N3O4. The molecule has 1 unspecified atom stereocenters. The van der Waals surface area contributed by atoms with Gasteiger partial charge in [0.05, 0.1) is 19.3 Å². The number of hydrogen-bond donors (Lipinski definition) is 3. The lowest BCUT2D eigenvalue weighted by Gasteiger charge is -2.26. The molecule has 3 N–H and O–H groups in total. The van der Waals surface area contributed by atoms with Crippen molar-refractivity contribution in [2.24, 2.45) is 0 Å². The molecule has 1 aromatic rings. The summed E-state index contributed by atoms with van der Waals surface area (Å²) >= 11 is 0. The number of morpholine rings is 1. The molecule has 1 fully saturated rings. The first-order valence-corrected chi connectivity index (χ1v) is 8.23. The van der Waals surface area contributed by atoms with Crippen molar-refractivity contribution < 1.29 is 19.4 Å². The van der Waals surface area contributed by atoms with Gasteiger partial charge in [0.25, 0.3) is 0 Å². The number of aliphatic hydroxyl groups is 1. The molecule has 0 bridgehead atoms. The number of aliphatic hydroxyl groups excluding tert-OH is 1. The molecule has 2 rings (SSSR count). The number of ether oxygens (including phenoxy) is 1. The number of carbonyl (C=O) groups is 2. The number of amides is 2. The van der Waals surface area contributed by atoms with Crippen molar-refractivity contribution in [3.8, 4) is 0 Å². The van der Waals surface area contributed by atoms with Gasteiger partial charge in [-0.05, 0) is 5.56 Å². The molecule has 24 heavy (non-hydrogen) atoms. The lowest BCUT2D eigenvalue weighted by molar-refractivity contribution is -0.139. The minimum atomic E-state index is -0.725. The molecule has 0 aliphatic carbocycles. The third-order valence-corrected chi connectivity index (χ3v) is 3.84. The van der Waals surface area contributed by atoms with Crippen LogP contribution in [0.4, 0.5) is 0 Å². The van der Waals surface area contributed by atoms with E-state index in [9.17, 15) is 14.7 Å². The van der Waals surface area contributed by atoms with Crippen LogP contribution in [0, 0.1) is 0 Å². The Labute approximate surface area is 142 Å². The zero-order valence-corrected chi connectivity index (χ0v) is 13.7. The summed E-state index contributed by atoms with van der Waals surface area (Å²) in [5.41, 5.74) is 0.981. The Morgan fingerprint density at radius 3 is 2.50 bits per heavy atom. The van der Waals surface area contributed by atoms with Crippen molar-refractivity contribution in [3.05, 3.63) is 35.9 Å². The summed E-state index contributed by atoms with van der Waals surface area (Å²) in [5.74, 6) is -1.39. The Kier molecular flexibility index (Phi) is 7.67. The second-order valence-corrected chi connectivity index (χ2v) is 5.76. The van der Waals surface area contributed by atoms with Crippen molar-refractivity contribution in [3.63, 3.8) is 0 Å². The van der Waals surface area contributed by atoms with Crippen LogP contribution in [0.5, 0.6) is 0 Å². The van der Waals surface area contributed by atoms with Crippen molar-refractivity contribution in [1.82, 2.24) is 15.5 Å². The van der Waals surface area contributed by atoms with Gasteiger partial charge in [-0.3, -0.25) is 14.5 Å². The molecule has 2 amide bonds. The fourth-order valence-electron chi connectivity index (χ4n) is 2.48. The molecular weight excluding hydrogens is 310 g/mol. The van der Waals surface area contributed by atoms with Gasteiger partial charge >= 0.3 is 11.8 Å². The quantitative estimate of drug-likeness (QED) is 0.565. The van der Waals surface area contributed by atoms with Crippen LogP contribution < -0.4 is 10.6 Å². The smallest absolute Gasteiger partial charge is 0.309 e. The number of nitrogens with zero attached hydrogens (tertiary/aromatic N) is 1. The Hall–Kier alpha value is -1.96. The zero-order valence-electron chi connectivity index (χ0n) is 13.7. The molecule has 0 aromatic heterocycles. The van der Waals surface area contributed by atoms with Gasteiger partial charge in [-0.25, -0.2) is 0 Å². The van der Waals surface area contributed by atoms with E-state index in [2.05, 4.69) is 15.5 Å². The summed E-state index contributed by atoms with van der Waals surface area (Å²) in [6.45, 7) is 4.24. The first kappa shape index (κ1) is 18.4. The van der Waals surface area contributed by atoms with E-state index in [0.29, 0.717) is 32.7 Å². The van der Waals surface area contributed by atoms with Crippen molar-refractivity contribution in [2.75, 3.05) is 45.9 Å². The average molecular weight is 335 g/mol. The molecule has 1 aliphatic heterocycles. The molecule has 7 nitrogen and oxygen atoms in total. The predicted molar refractivity (Wildman–Crippen MR) is 89.4 cm³/mol. The van der Waals surface area contributed by atoms with E-state index in [4.69, 9.17) is 4.74 Å². The summed E-state index contributed by atoms with van der Waals surface area (Å²) in [7, 11) is 0. The minimum absolute atomic E-state index is 0.0462. The third kappa shape index (κ3) is 6.66. The largest absolute Gasteiger partial charge is 0.391 e. The molecule has 1 aromatic carbocycles. The summed E-state index contributed by atoms with van der Waals surface area (Å²) in [6, 6.07) is 9.50. The van der Waals surface area contributed by atoms with Crippen LogP contribution in [0.25, 0.3) is 0 Å². The standard InChI is InChI=1S/C17H25N3O4/c21-15(12-14-4-2-1-3-5-14)13-19-17(23)16(22)18-6-7-20-8-10-24-11-9-20/h1-5,15,21H,6-13H2,(H,18,22)(H,19,23). The van der Waals surface area contributed by atoms with E-state index in [1.165, 1.54) is 0 Å². The van der Waals surface area contributed by atoms with E-state index in [-0.39, 0.29) is 6.54 Å². The molecule has 1 saturated heterocycles. The normalized spacial score (nSPS) is 16.4. The van der Waals surface area contributed by atoms with Gasteiger partial charge in [0, 0.05) is 39.1 Å². The van der Waals surface area contributed by atoms with Crippen molar-refractivity contribution in [2.45, 2.75) is 12.5 Å². The molecule has 132 valence electrons. The first-order valence-electron chi connectivity index (χ1n) is 8.23. The summed E-state index contributed by atoms with van der Waals surface area (Å²) in [4.78, 5) is 25.6. The molecule has 1 atom stereocenters. The SMILES string of the molecule is O=C(NCCN1CCOCC1)C(=O)NCC(O)Cc1ccccc1. The molecule has 0 saturated carbocycles. The maximum atomic E-state index is 11.7. The van der Waals surface area contributed by atoms with Crippen LogP contribution in [0.2, 0.25) is 0 Å². The van der Waals surface area contributed by atoms with Crippen LogP contribution in [0.1, 0.15) is 5.56 Å². The summed E-state index contributed by atoms with van der Waals surface area (Å²) in [5, 5.41) is 15.0. The maximum Gasteiger partial charge on any atom is 0.309 e. The van der Waals surface area contributed by atoms with Gasteiger partial charge in [0.2, 0.25) is 0 Å². The van der Waals surface area contributed by atoms with Crippen LogP contribution in [0.15, 0.2) is 30.3 Å². The lowest BCUT2D eigenvalue weighted by atomic mass is 10.1. The number of carbonyl (C=O) groups excluding carboxylic acids is 2. The third-order valence-electron chi connectivity index (χ3n) is 3.84. The number of hydrogen-bond acceptors (Lipinski definition) is 5. The first-order chi connectivity index (χ1) is 11.6. The molecule has 7 heteroatoms. The zero-order chi connectivity index (χ0) is 17.2. The van der Waals surface area contributed by atoms with E-state index in [1.54, 1.807) is 0 Å². The highest BCUT2D eigenvalue weighted by atomic mass is 16.5. The van der Waals surface area contributed by atoms with Gasteiger partial charge in [-0.15, -0.1) is 0 Å². The van der Waals surface area contributed by atoms with Gasteiger partial charge < -0.3 is 20.5 Å². The molecule has 0 radical (unpaired) electrons. The van der Waals surface area contributed by atoms with Crippen molar-refractivity contribution >= 4 is 11.8 Å². The predicted octanol–water partition coefficient (Wildman–Crippen LogP) is -0.845. The van der Waals surface area contributed by atoms with Crippen LogP contribution in [0.3, 0.4) is 0 Å². The Morgan fingerprint density at radius 2 is 1.79 bits per heavy atom. The maximum absolute atomic E-state index is 11.7. The monoisotopic (exact) mass is 335 g/mol. The Balaban J connectivity index is 1.59. The van der Waals surface area contributed by atoms with Gasteiger partial charge in [-0.2, -0.15) is 0 Å². The van der Waals surface area contributed by atoms with Gasteiger partial charge in [-0.1, -0.05) is 30.3 Å². The van der Waals surface area contributed by atoms with Gasteiger partial charge in [0.15, 0.2) is 0 Å². The molecule has 1 heterocycles.